The molecule has 0 amide bonds. The van der Waals surface area contributed by atoms with Crippen molar-refractivity contribution in [2.45, 2.75) is 78.4 Å². The minimum Gasteiger partial charge on any atom is -0.491 e. The van der Waals surface area contributed by atoms with Crippen molar-refractivity contribution >= 4 is 31.4 Å². The number of carbonyl (C=O) groups is 1. The summed E-state index contributed by atoms with van der Waals surface area (Å²) in [7, 11) is -6.87. The smallest absolute Gasteiger partial charge is 0.398 e. The molecule has 22 heavy (non-hydrogen) atoms. The Morgan fingerprint density at radius 1 is 0.909 bits per heavy atom. The summed E-state index contributed by atoms with van der Waals surface area (Å²) in [5.41, 5.74) is 0.702. The number of hydrogen-bond donors (Lipinski definition) is 0. The van der Waals surface area contributed by atoms with E-state index < -0.39 is 25.4 Å². The minimum atomic E-state index is -2.76. The van der Waals surface area contributed by atoms with Crippen LogP contribution >= 0.6 is 0 Å². The summed E-state index contributed by atoms with van der Waals surface area (Å²) < 4.78 is 18.8. The molecule has 0 bridgehead atoms. The van der Waals surface area contributed by atoms with Crippen molar-refractivity contribution in [2.75, 3.05) is 0 Å². The van der Waals surface area contributed by atoms with Crippen molar-refractivity contribution in [3.05, 3.63) is 12.2 Å². The van der Waals surface area contributed by atoms with E-state index in [0.717, 1.165) is 0 Å². The van der Waals surface area contributed by atoms with E-state index in [-0.39, 0.29) is 17.1 Å². The third kappa shape index (κ3) is 6.49. The maximum Gasteiger partial charge on any atom is 0.398 e. The van der Waals surface area contributed by atoms with E-state index in [2.05, 4.69) is 53.9 Å². The Morgan fingerprint density at radius 2 is 1.32 bits per heavy atom. The highest BCUT2D eigenvalue weighted by Gasteiger charge is 2.53. The maximum atomic E-state index is 12.2. The fourth-order valence-electron chi connectivity index (χ4n) is 2.53. The van der Waals surface area contributed by atoms with Crippen LogP contribution in [0.3, 0.4) is 0 Å². The van der Waals surface area contributed by atoms with E-state index in [1.807, 2.05) is 13.1 Å². The lowest BCUT2D eigenvalue weighted by atomic mass is 10.4. The molecule has 0 heterocycles. The van der Waals surface area contributed by atoms with E-state index >= 15 is 0 Å². The minimum absolute atomic E-state index is 0.146. The molecular formula is C15H34O4Si3. The topological polar surface area (TPSA) is 44.8 Å². The molecule has 0 atom stereocenters. The molecule has 0 saturated heterocycles. The first-order chi connectivity index (χ1) is 9.63. The average Bonchev–Trinajstić information content (AvgIpc) is 2.22. The molecule has 0 aromatic rings. The SMILES string of the molecule is C=C(C)C(=O)O[Si](O[Si](C)(C)O[Si](C)(C)C)(C(C)C)C(C)C. The third-order valence-electron chi connectivity index (χ3n) is 3.17. The van der Waals surface area contributed by atoms with E-state index in [1.54, 1.807) is 6.92 Å². The second-order valence-electron chi connectivity index (χ2n) is 7.92. The fourth-order valence-corrected chi connectivity index (χ4v) is 16.4. The standard InChI is InChI=1S/C15H34O4Si3/c1-12(2)15(16)17-22(13(3)4,14(5)6)19-21(10,11)18-20(7,8)9/h13-14H,1H2,2-11H3. The maximum absolute atomic E-state index is 12.2. The van der Waals surface area contributed by atoms with E-state index in [4.69, 9.17) is 12.7 Å². The van der Waals surface area contributed by atoms with Gasteiger partial charge in [-0.25, -0.2) is 4.79 Å². The van der Waals surface area contributed by atoms with Gasteiger partial charge < -0.3 is 12.7 Å². The predicted octanol–water partition coefficient (Wildman–Crippen LogP) is 4.94. The van der Waals surface area contributed by atoms with Crippen molar-refractivity contribution in [1.82, 2.24) is 0 Å². The van der Waals surface area contributed by atoms with Gasteiger partial charge in [-0.05, 0) is 39.7 Å². The Bertz CT molecular complexity index is 404. The molecule has 0 aromatic heterocycles. The lowest BCUT2D eigenvalue weighted by Crippen LogP contribution is -2.59. The molecule has 0 unspecified atom stereocenters. The Hall–Kier alpha value is -0.219. The Labute approximate surface area is 139 Å². The summed E-state index contributed by atoms with van der Waals surface area (Å²) in [5.74, 6) is -0.355. The molecule has 4 nitrogen and oxygen atoms in total. The van der Waals surface area contributed by atoms with Crippen LogP contribution in [0.25, 0.3) is 0 Å². The zero-order valence-electron chi connectivity index (χ0n) is 16.0. The van der Waals surface area contributed by atoms with Crippen molar-refractivity contribution in [3.8, 4) is 0 Å². The van der Waals surface area contributed by atoms with E-state index in [9.17, 15) is 4.79 Å². The van der Waals surface area contributed by atoms with Gasteiger partial charge in [0.05, 0.1) is 0 Å². The lowest BCUT2D eigenvalue weighted by molar-refractivity contribution is -0.132. The van der Waals surface area contributed by atoms with Gasteiger partial charge >= 0.3 is 23.1 Å². The summed E-state index contributed by atoms with van der Waals surface area (Å²) in [6, 6.07) is 0. The first-order valence-corrected chi connectivity index (χ1v) is 16.1. The first-order valence-electron chi connectivity index (χ1n) is 7.92. The highest BCUT2D eigenvalue weighted by molar-refractivity contribution is 6.87. The average molecular weight is 363 g/mol. The highest BCUT2D eigenvalue weighted by Crippen LogP contribution is 2.38. The molecule has 0 aliphatic rings. The van der Waals surface area contributed by atoms with Crippen LogP contribution < -0.4 is 0 Å². The van der Waals surface area contributed by atoms with Gasteiger partial charge in [-0.1, -0.05) is 34.3 Å². The third-order valence-corrected chi connectivity index (χ3v) is 14.5. The summed E-state index contributed by atoms with van der Waals surface area (Å²) in [4.78, 5) is 12.2. The van der Waals surface area contributed by atoms with Crippen LogP contribution in [0.1, 0.15) is 34.6 Å². The molecule has 0 N–H and O–H groups in total. The second-order valence-corrected chi connectivity index (χ2v) is 20.5. The largest absolute Gasteiger partial charge is 0.491 e. The van der Waals surface area contributed by atoms with E-state index in [0.29, 0.717) is 5.57 Å². The normalized spacial score (nSPS) is 13.6. The summed E-state index contributed by atoms with van der Waals surface area (Å²) >= 11 is 0. The van der Waals surface area contributed by atoms with Gasteiger partial charge in [-0.3, -0.25) is 0 Å². The van der Waals surface area contributed by atoms with Gasteiger partial charge in [-0.15, -0.1) is 0 Å². The molecule has 0 rings (SSSR count). The van der Waals surface area contributed by atoms with Crippen LogP contribution in [0.2, 0.25) is 43.8 Å². The van der Waals surface area contributed by atoms with Gasteiger partial charge in [0, 0.05) is 16.7 Å². The van der Waals surface area contributed by atoms with Crippen LogP contribution in [0.15, 0.2) is 12.2 Å². The van der Waals surface area contributed by atoms with Gasteiger partial charge in [0.25, 0.3) is 0 Å². The second kappa shape index (κ2) is 7.57. The Morgan fingerprint density at radius 3 is 1.59 bits per heavy atom. The number of carbonyl (C=O) groups excluding carboxylic acids is 1. The number of hydrogen-bond acceptors (Lipinski definition) is 4. The van der Waals surface area contributed by atoms with Crippen molar-refractivity contribution in [2.24, 2.45) is 0 Å². The molecule has 0 aromatic carbocycles. The first kappa shape index (κ1) is 21.8. The molecular weight excluding hydrogens is 328 g/mol. The van der Waals surface area contributed by atoms with Crippen LogP contribution in [0.5, 0.6) is 0 Å². The van der Waals surface area contributed by atoms with Crippen LogP contribution in [0, 0.1) is 0 Å². The van der Waals surface area contributed by atoms with Crippen LogP contribution in [-0.2, 0) is 17.5 Å². The Balaban J connectivity index is 5.59. The lowest BCUT2D eigenvalue weighted by Gasteiger charge is -2.43. The zero-order valence-corrected chi connectivity index (χ0v) is 19.0. The van der Waals surface area contributed by atoms with Crippen molar-refractivity contribution in [3.63, 3.8) is 0 Å². The van der Waals surface area contributed by atoms with Crippen LogP contribution in [0.4, 0.5) is 0 Å². The van der Waals surface area contributed by atoms with Gasteiger partial charge in [-0.2, -0.15) is 0 Å². The van der Waals surface area contributed by atoms with Crippen molar-refractivity contribution < 1.29 is 17.5 Å². The molecule has 0 saturated carbocycles. The van der Waals surface area contributed by atoms with E-state index in [1.165, 1.54) is 0 Å². The Kier molecular flexibility index (Phi) is 7.49. The fraction of sp³-hybridized carbons (Fsp3) is 0.800. The zero-order chi connectivity index (χ0) is 17.9. The van der Waals surface area contributed by atoms with Gasteiger partial charge in [0.15, 0.2) is 8.32 Å². The molecule has 0 fully saturated rings. The number of rotatable bonds is 8. The predicted molar refractivity (Wildman–Crippen MR) is 99.9 cm³/mol. The quantitative estimate of drug-likeness (QED) is 0.453. The van der Waals surface area contributed by atoms with Crippen molar-refractivity contribution in [1.29, 1.82) is 0 Å². The molecule has 0 aliphatic carbocycles. The summed E-state index contributed by atoms with van der Waals surface area (Å²) in [6.07, 6.45) is 0. The van der Waals surface area contributed by atoms with Gasteiger partial charge in [0.2, 0.25) is 0 Å². The highest BCUT2D eigenvalue weighted by atomic mass is 28.5. The summed E-state index contributed by atoms with van der Waals surface area (Å²) in [6.45, 7) is 24.2. The molecule has 130 valence electrons. The molecule has 0 radical (unpaired) electrons. The van der Waals surface area contributed by atoms with Gasteiger partial charge in [0.1, 0.15) is 0 Å². The molecule has 0 spiro atoms. The molecule has 7 heteroatoms. The monoisotopic (exact) mass is 362 g/mol. The molecule has 0 aliphatic heterocycles. The van der Waals surface area contributed by atoms with Crippen LogP contribution in [-0.4, -0.2) is 31.4 Å². The summed E-state index contributed by atoms with van der Waals surface area (Å²) in [5, 5.41) is 0.